The standard InChI is InChI=1S/C7H7.2C2H5O.Al/c1-7-5-3-2-4-6-7;2*1-2-3;/h2-5H,1H3;2*2H2,1H3;/q;2*-1;+2. The predicted molar refractivity (Wildman–Crippen MR) is 57.6 cm³/mol. The minimum absolute atomic E-state index is 0. The van der Waals surface area contributed by atoms with Gasteiger partial charge in [0.25, 0.3) is 0 Å². The van der Waals surface area contributed by atoms with Crippen LogP contribution in [0.15, 0.2) is 24.3 Å². The van der Waals surface area contributed by atoms with Crippen LogP contribution in [-0.2, 0) is 0 Å². The van der Waals surface area contributed by atoms with E-state index in [2.05, 4.69) is 35.3 Å². The van der Waals surface area contributed by atoms with Crippen molar-refractivity contribution in [2.75, 3.05) is 13.2 Å². The van der Waals surface area contributed by atoms with E-state index in [-0.39, 0.29) is 13.2 Å². The van der Waals surface area contributed by atoms with E-state index in [9.17, 15) is 0 Å². The Morgan fingerprint density at radius 3 is 1.64 bits per heavy atom. The molecule has 0 radical (unpaired) electrons. The molecular weight excluding hydrogens is 191 g/mol. The Hall–Kier alpha value is -0.328. The monoisotopic (exact) mass is 208 g/mol. The molecular formula is C11H17AlO2. The van der Waals surface area contributed by atoms with E-state index >= 15 is 0 Å². The average Bonchev–Trinajstić information content (AvgIpc) is 2.13. The second-order valence-electron chi connectivity index (χ2n) is 2.43. The van der Waals surface area contributed by atoms with Crippen molar-refractivity contribution in [2.24, 2.45) is 0 Å². The van der Waals surface area contributed by atoms with Gasteiger partial charge < -0.3 is 10.2 Å². The summed E-state index contributed by atoms with van der Waals surface area (Å²) in [6, 6.07) is 8.26. The Morgan fingerprint density at radius 2 is 1.43 bits per heavy atom. The summed E-state index contributed by atoms with van der Waals surface area (Å²) in [6.45, 7) is 5.24. The Morgan fingerprint density at radius 1 is 1.07 bits per heavy atom. The zero-order valence-corrected chi connectivity index (χ0v) is 10.3. The number of rotatable bonds is 0. The van der Waals surface area contributed by atoms with Crippen LogP contribution in [0.4, 0.5) is 0 Å². The van der Waals surface area contributed by atoms with Crippen LogP contribution in [0.2, 0.25) is 0 Å². The van der Waals surface area contributed by atoms with E-state index < -0.39 is 0 Å². The molecule has 0 amide bonds. The molecule has 0 spiro atoms. The van der Waals surface area contributed by atoms with Crippen LogP contribution < -0.4 is 14.6 Å². The molecule has 0 heterocycles. The second-order valence-corrected chi connectivity index (χ2v) is 3.06. The van der Waals surface area contributed by atoms with Gasteiger partial charge in [-0.15, -0.1) is 13.2 Å². The van der Waals surface area contributed by atoms with E-state index in [0.717, 1.165) is 0 Å². The maximum absolute atomic E-state index is 8.93. The van der Waals surface area contributed by atoms with Crippen molar-refractivity contribution in [3.05, 3.63) is 29.8 Å². The van der Waals surface area contributed by atoms with Gasteiger partial charge in [0.1, 0.15) is 0 Å². The third kappa shape index (κ3) is 11.7. The average molecular weight is 208 g/mol. The van der Waals surface area contributed by atoms with Gasteiger partial charge in [-0.25, -0.2) is 0 Å². The molecule has 2 nitrogen and oxygen atoms in total. The molecule has 0 aliphatic rings. The molecule has 3 heteroatoms. The first-order valence-electron chi connectivity index (χ1n) is 4.61. The molecule has 0 aliphatic carbocycles. The van der Waals surface area contributed by atoms with Gasteiger partial charge in [0.05, 0.1) is 0 Å². The molecule has 14 heavy (non-hydrogen) atoms. The number of hydrogen-bond acceptors (Lipinski definition) is 2. The van der Waals surface area contributed by atoms with Crippen LogP contribution in [0.25, 0.3) is 0 Å². The molecule has 0 N–H and O–H groups in total. The summed E-state index contributed by atoms with van der Waals surface area (Å²) in [5.74, 6) is 0. The predicted octanol–water partition coefficient (Wildman–Crippen LogP) is -0.478. The second kappa shape index (κ2) is 12.7. The number of benzene rings is 1. The van der Waals surface area contributed by atoms with Crippen LogP contribution >= 0.6 is 0 Å². The van der Waals surface area contributed by atoms with Gasteiger partial charge in [-0.05, 0) is 0 Å². The van der Waals surface area contributed by atoms with Crippen LogP contribution in [0.5, 0.6) is 0 Å². The van der Waals surface area contributed by atoms with Crippen LogP contribution in [0, 0.1) is 6.92 Å². The van der Waals surface area contributed by atoms with Gasteiger partial charge in [-0.1, -0.05) is 13.8 Å². The summed E-state index contributed by atoms with van der Waals surface area (Å²) in [6.07, 6.45) is 0. The Kier molecular flexibility index (Phi) is 14.6. The van der Waals surface area contributed by atoms with Gasteiger partial charge in [0, 0.05) is 0 Å². The fourth-order valence-electron chi connectivity index (χ4n) is 0.587. The van der Waals surface area contributed by atoms with Crippen molar-refractivity contribution in [3.8, 4) is 0 Å². The molecule has 0 bridgehead atoms. The normalized spacial score (nSPS) is 7.93. The minimum atomic E-state index is 0. The number of hydrogen-bond donors (Lipinski definition) is 0. The third-order valence-corrected chi connectivity index (χ3v) is 1.84. The SMILES string of the molecule is CC[O-].CC[O-].Cc1cccc[c]1[Al+2]. The van der Waals surface area contributed by atoms with Gasteiger partial charge >= 0.3 is 57.5 Å². The first kappa shape index (κ1) is 16.1. The zero-order valence-electron chi connectivity index (χ0n) is 9.12. The summed E-state index contributed by atoms with van der Waals surface area (Å²) in [7, 11) is 0. The molecule has 0 fully saturated rings. The molecule has 1 aromatic rings. The molecule has 0 saturated heterocycles. The van der Waals surface area contributed by atoms with Gasteiger partial charge in [0.15, 0.2) is 0 Å². The summed E-state index contributed by atoms with van der Waals surface area (Å²) in [5.41, 5.74) is 1.33. The Bertz CT molecular complexity index is 191. The van der Waals surface area contributed by atoms with Gasteiger partial charge in [0.2, 0.25) is 0 Å². The summed E-state index contributed by atoms with van der Waals surface area (Å²) >= 11 is 2.69. The first-order valence-corrected chi connectivity index (χ1v) is 5.18. The summed E-state index contributed by atoms with van der Waals surface area (Å²) in [4.78, 5) is 0. The van der Waals surface area contributed by atoms with Crippen molar-refractivity contribution in [1.29, 1.82) is 0 Å². The fourth-order valence-corrected chi connectivity index (χ4v) is 0.794. The summed E-state index contributed by atoms with van der Waals surface area (Å²) < 4.78 is 1.28. The molecule has 76 valence electrons. The molecule has 0 unspecified atom stereocenters. The van der Waals surface area contributed by atoms with Gasteiger partial charge in [-0.3, -0.25) is 0 Å². The number of aryl methyl sites for hydroxylation is 1. The molecule has 0 atom stereocenters. The molecule has 1 aromatic carbocycles. The van der Waals surface area contributed by atoms with E-state index in [1.807, 2.05) is 12.1 Å². The van der Waals surface area contributed by atoms with E-state index in [1.165, 1.54) is 9.99 Å². The molecule has 1 rings (SSSR count). The van der Waals surface area contributed by atoms with Crippen molar-refractivity contribution in [2.45, 2.75) is 20.8 Å². The van der Waals surface area contributed by atoms with Crippen molar-refractivity contribution < 1.29 is 10.2 Å². The Balaban J connectivity index is 0. The molecule has 0 saturated carbocycles. The Labute approximate surface area is 95.0 Å². The van der Waals surface area contributed by atoms with Crippen LogP contribution in [0.3, 0.4) is 0 Å². The van der Waals surface area contributed by atoms with Crippen molar-refractivity contribution >= 4 is 20.7 Å². The third-order valence-electron chi connectivity index (χ3n) is 1.19. The first-order chi connectivity index (χ1) is 6.63. The van der Waals surface area contributed by atoms with Gasteiger partial charge in [-0.2, -0.15) is 0 Å². The van der Waals surface area contributed by atoms with Crippen molar-refractivity contribution in [1.82, 2.24) is 0 Å². The fraction of sp³-hybridized carbons (Fsp3) is 0.455. The topological polar surface area (TPSA) is 46.1 Å². The van der Waals surface area contributed by atoms with Crippen molar-refractivity contribution in [3.63, 3.8) is 0 Å². The molecule has 0 aromatic heterocycles. The van der Waals surface area contributed by atoms with Crippen LogP contribution in [-0.4, -0.2) is 29.5 Å². The van der Waals surface area contributed by atoms with E-state index in [1.54, 1.807) is 13.8 Å². The van der Waals surface area contributed by atoms with Crippen LogP contribution in [0.1, 0.15) is 19.4 Å². The maximum atomic E-state index is 8.93. The summed E-state index contributed by atoms with van der Waals surface area (Å²) in [5, 5.41) is 17.9. The zero-order chi connectivity index (χ0) is 11.4. The van der Waals surface area contributed by atoms with E-state index in [0.29, 0.717) is 0 Å². The quantitative estimate of drug-likeness (QED) is 0.541. The molecule has 0 aliphatic heterocycles. The van der Waals surface area contributed by atoms with E-state index in [4.69, 9.17) is 10.2 Å².